The number of aliphatic hydroxyl groups is 1. The van der Waals surface area contributed by atoms with Gasteiger partial charge in [0, 0.05) is 5.39 Å². The highest BCUT2D eigenvalue weighted by Crippen LogP contribution is 2.24. The average molecular weight is 222 g/mol. The van der Waals surface area contributed by atoms with Crippen molar-refractivity contribution in [1.82, 2.24) is 4.98 Å². The van der Waals surface area contributed by atoms with Crippen LogP contribution in [0.1, 0.15) is 19.4 Å². The van der Waals surface area contributed by atoms with Crippen LogP contribution in [0.5, 0.6) is 0 Å². The molecule has 3 heteroatoms. The van der Waals surface area contributed by atoms with Crippen LogP contribution < -0.4 is 0 Å². The molecule has 15 heavy (non-hydrogen) atoms. The summed E-state index contributed by atoms with van der Waals surface area (Å²) in [7, 11) is 0. The van der Waals surface area contributed by atoms with E-state index in [2.05, 4.69) is 4.98 Å². The highest BCUT2D eigenvalue weighted by Gasteiger charge is 2.15. The summed E-state index contributed by atoms with van der Waals surface area (Å²) in [6.45, 7) is 3.52. The van der Waals surface area contributed by atoms with Gasteiger partial charge in [-0.15, -0.1) is 0 Å². The smallest absolute Gasteiger partial charge is 0.129 e. The molecule has 0 radical (unpaired) electrons. The third-order valence-corrected chi connectivity index (χ3v) is 2.57. The van der Waals surface area contributed by atoms with Gasteiger partial charge in [-0.2, -0.15) is 0 Å². The minimum atomic E-state index is -0.826. The van der Waals surface area contributed by atoms with Gasteiger partial charge in [-0.25, -0.2) is 4.98 Å². The van der Waals surface area contributed by atoms with Crippen molar-refractivity contribution >= 4 is 22.5 Å². The summed E-state index contributed by atoms with van der Waals surface area (Å²) in [6, 6.07) is 9.32. The Bertz CT molecular complexity index is 502. The number of rotatable bonds is 1. The van der Waals surface area contributed by atoms with Crippen LogP contribution in [-0.2, 0) is 5.60 Å². The van der Waals surface area contributed by atoms with Gasteiger partial charge in [-0.3, -0.25) is 0 Å². The van der Waals surface area contributed by atoms with Gasteiger partial charge in [0.25, 0.3) is 0 Å². The fourth-order valence-electron chi connectivity index (χ4n) is 1.48. The van der Waals surface area contributed by atoms with Crippen LogP contribution in [0.15, 0.2) is 30.3 Å². The molecule has 0 spiro atoms. The number of hydrogen-bond donors (Lipinski definition) is 1. The Morgan fingerprint density at radius 1 is 1.20 bits per heavy atom. The molecule has 2 nitrogen and oxygen atoms in total. The van der Waals surface area contributed by atoms with Gasteiger partial charge in [0.2, 0.25) is 0 Å². The van der Waals surface area contributed by atoms with Crippen molar-refractivity contribution in [1.29, 1.82) is 0 Å². The van der Waals surface area contributed by atoms with Crippen LogP contribution >= 0.6 is 11.6 Å². The molecular weight excluding hydrogens is 210 g/mol. The van der Waals surface area contributed by atoms with Crippen molar-refractivity contribution in [3.8, 4) is 0 Å². The van der Waals surface area contributed by atoms with Crippen molar-refractivity contribution < 1.29 is 5.11 Å². The third-order valence-electron chi connectivity index (χ3n) is 2.36. The molecule has 1 N–H and O–H groups in total. The number of halogens is 1. The first-order chi connectivity index (χ1) is 6.97. The molecule has 0 bridgehead atoms. The van der Waals surface area contributed by atoms with E-state index in [9.17, 15) is 5.11 Å². The molecule has 0 aliphatic rings. The predicted octanol–water partition coefficient (Wildman–Crippen LogP) is 3.12. The van der Waals surface area contributed by atoms with Crippen molar-refractivity contribution in [3.05, 3.63) is 41.0 Å². The summed E-state index contributed by atoms with van der Waals surface area (Å²) in [5, 5.41) is 11.3. The first-order valence-electron chi connectivity index (χ1n) is 4.76. The summed E-state index contributed by atoms with van der Waals surface area (Å²) in [5.74, 6) is 0. The molecule has 0 amide bonds. The molecule has 1 aromatic heterocycles. The molecule has 0 unspecified atom stereocenters. The van der Waals surface area contributed by atoms with E-state index in [1.54, 1.807) is 19.9 Å². The first kappa shape index (κ1) is 10.4. The lowest BCUT2D eigenvalue weighted by molar-refractivity contribution is 0.0787. The monoisotopic (exact) mass is 221 g/mol. The molecule has 0 saturated carbocycles. The lowest BCUT2D eigenvalue weighted by Gasteiger charge is -2.17. The van der Waals surface area contributed by atoms with E-state index in [0.29, 0.717) is 5.15 Å². The minimum Gasteiger partial charge on any atom is -0.386 e. The van der Waals surface area contributed by atoms with E-state index in [-0.39, 0.29) is 0 Å². The summed E-state index contributed by atoms with van der Waals surface area (Å²) in [5.41, 5.74) is 0.892. The Kier molecular flexibility index (Phi) is 2.41. The fraction of sp³-hybridized carbons (Fsp3) is 0.250. The van der Waals surface area contributed by atoms with Crippen molar-refractivity contribution in [2.24, 2.45) is 0 Å². The average Bonchev–Trinajstić information content (AvgIpc) is 2.15. The summed E-state index contributed by atoms with van der Waals surface area (Å²) >= 11 is 5.79. The number of nitrogens with zero attached hydrogens (tertiary/aromatic N) is 1. The van der Waals surface area contributed by atoms with Crippen molar-refractivity contribution in [2.75, 3.05) is 0 Å². The van der Waals surface area contributed by atoms with Crippen LogP contribution in [0, 0.1) is 0 Å². The van der Waals surface area contributed by atoms with Crippen LogP contribution in [0.2, 0.25) is 5.15 Å². The number of aromatic nitrogens is 1. The molecule has 0 atom stereocenters. The zero-order valence-electron chi connectivity index (χ0n) is 8.66. The minimum absolute atomic E-state index is 0.485. The molecule has 78 valence electrons. The van der Waals surface area contributed by atoms with Gasteiger partial charge in [0.15, 0.2) is 0 Å². The maximum Gasteiger partial charge on any atom is 0.129 e. The maximum atomic E-state index is 9.86. The largest absolute Gasteiger partial charge is 0.386 e. The summed E-state index contributed by atoms with van der Waals surface area (Å²) < 4.78 is 0. The molecule has 2 aromatic rings. The topological polar surface area (TPSA) is 33.1 Å². The van der Waals surface area contributed by atoms with Gasteiger partial charge in [0.05, 0.1) is 11.1 Å². The molecule has 1 aromatic carbocycles. The quantitative estimate of drug-likeness (QED) is 0.751. The predicted molar refractivity (Wildman–Crippen MR) is 62.0 cm³/mol. The Morgan fingerprint density at radius 3 is 2.60 bits per heavy atom. The molecule has 0 saturated heterocycles. The molecular formula is C12H12ClNO. The van der Waals surface area contributed by atoms with Gasteiger partial charge in [0.1, 0.15) is 5.15 Å². The maximum absolute atomic E-state index is 9.86. The zero-order valence-corrected chi connectivity index (χ0v) is 9.42. The van der Waals surface area contributed by atoms with E-state index in [0.717, 1.165) is 16.5 Å². The highest BCUT2D eigenvalue weighted by atomic mass is 35.5. The molecule has 2 rings (SSSR count). The second kappa shape index (κ2) is 3.47. The third kappa shape index (κ3) is 2.11. The summed E-state index contributed by atoms with van der Waals surface area (Å²) in [4.78, 5) is 4.18. The Morgan fingerprint density at radius 2 is 1.93 bits per heavy atom. The van der Waals surface area contributed by atoms with Crippen molar-refractivity contribution in [3.63, 3.8) is 0 Å². The molecule has 1 heterocycles. The van der Waals surface area contributed by atoms with Crippen LogP contribution in [0.4, 0.5) is 0 Å². The number of hydrogen-bond acceptors (Lipinski definition) is 2. The number of pyridine rings is 1. The molecule has 0 aliphatic heterocycles. The van der Waals surface area contributed by atoms with Gasteiger partial charge in [-0.05, 0) is 43.7 Å². The number of fused-ring (bicyclic) bond motifs is 1. The number of benzene rings is 1. The lowest BCUT2D eigenvalue weighted by atomic mass is 9.97. The second-order valence-electron chi connectivity index (χ2n) is 4.10. The van der Waals surface area contributed by atoms with Gasteiger partial charge in [-0.1, -0.05) is 17.7 Å². The van der Waals surface area contributed by atoms with Crippen LogP contribution in [0.3, 0.4) is 0 Å². The zero-order chi connectivity index (χ0) is 11.1. The van der Waals surface area contributed by atoms with Gasteiger partial charge < -0.3 is 5.11 Å². The molecule has 0 aliphatic carbocycles. The normalized spacial score (nSPS) is 12.0. The standard InChI is InChI=1S/C12H12ClNO/c1-12(2,15)9-4-5-10-8(7-9)3-6-11(13)14-10/h3-7,15H,1-2H3. The second-order valence-corrected chi connectivity index (χ2v) is 4.49. The Hall–Kier alpha value is -1.12. The fourth-order valence-corrected chi connectivity index (χ4v) is 1.64. The lowest BCUT2D eigenvalue weighted by Crippen LogP contribution is -2.15. The Balaban J connectivity index is 2.62. The van der Waals surface area contributed by atoms with Gasteiger partial charge >= 0.3 is 0 Å². The van der Waals surface area contributed by atoms with E-state index in [1.807, 2.05) is 24.3 Å². The van der Waals surface area contributed by atoms with E-state index in [1.165, 1.54) is 0 Å². The highest BCUT2D eigenvalue weighted by molar-refractivity contribution is 6.29. The van der Waals surface area contributed by atoms with E-state index < -0.39 is 5.60 Å². The van der Waals surface area contributed by atoms with E-state index >= 15 is 0 Å². The van der Waals surface area contributed by atoms with Crippen LogP contribution in [0.25, 0.3) is 10.9 Å². The van der Waals surface area contributed by atoms with E-state index in [4.69, 9.17) is 11.6 Å². The first-order valence-corrected chi connectivity index (χ1v) is 5.14. The van der Waals surface area contributed by atoms with Crippen molar-refractivity contribution in [2.45, 2.75) is 19.4 Å². The SMILES string of the molecule is CC(C)(O)c1ccc2nc(Cl)ccc2c1. The molecule has 0 fully saturated rings. The Labute approximate surface area is 93.5 Å². The van der Waals surface area contributed by atoms with Crippen LogP contribution in [-0.4, -0.2) is 10.1 Å². The summed E-state index contributed by atoms with van der Waals surface area (Å²) in [6.07, 6.45) is 0.